The zero-order valence-corrected chi connectivity index (χ0v) is 12.8. The van der Waals surface area contributed by atoms with Crippen LogP contribution in [0.2, 0.25) is 0 Å². The first kappa shape index (κ1) is 14.1. The van der Waals surface area contributed by atoms with Crippen LogP contribution in [0.25, 0.3) is 0 Å². The molecule has 1 atom stereocenters. The van der Waals surface area contributed by atoms with Gasteiger partial charge in [-0.1, -0.05) is 34.1 Å². The third kappa shape index (κ3) is 4.08. The lowest BCUT2D eigenvalue weighted by atomic mass is 10.1. The van der Waals surface area contributed by atoms with Gasteiger partial charge in [-0.05, 0) is 55.7 Å². The van der Waals surface area contributed by atoms with Crippen LogP contribution in [0.15, 0.2) is 46.9 Å². The molecule has 3 heteroatoms. The molecule has 0 fully saturated rings. The van der Waals surface area contributed by atoms with Crippen LogP contribution in [0.4, 0.5) is 0 Å². The predicted octanol–water partition coefficient (Wildman–Crippen LogP) is 4.44. The lowest BCUT2D eigenvalue weighted by molar-refractivity contribution is 0.473. The first-order valence-electron chi connectivity index (χ1n) is 6.33. The van der Waals surface area contributed by atoms with Crippen LogP contribution < -0.4 is 10.5 Å². The van der Waals surface area contributed by atoms with Gasteiger partial charge in [0.2, 0.25) is 0 Å². The van der Waals surface area contributed by atoms with Crippen molar-refractivity contribution < 1.29 is 4.74 Å². The molecule has 0 aromatic heterocycles. The molecule has 0 aliphatic heterocycles. The summed E-state index contributed by atoms with van der Waals surface area (Å²) >= 11 is 3.48. The highest BCUT2D eigenvalue weighted by Crippen LogP contribution is 2.29. The van der Waals surface area contributed by atoms with E-state index in [4.69, 9.17) is 10.5 Å². The molecule has 2 N–H and O–H groups in total. The van der Waals surface area contributed by atoms with Gasteiger partial charge in [-0.25, -0.2) is 0 Å². The quantitative estimate of drug-likeness (QED) is 0.904. The van der Waals surface area contributed by atoms with Crippen molar-refractivity contribution in [3.8, 4) is 11.5 Å². The van der Waals surface area contributed by atoms with Crippen molar-refractivity contribution >= 4 is 15.9 Å². The second-order valence-electron chi connectivity index (χ2n) is 4.85. The molecule has 2 aromatic carbocycles. The fourth-order valence-corrected chi connectivity index (χ4v) is 2.28. The van der Waals surface area contributed by atoms with Crippen LogP contribution in [-0.2, 0) is 6.42 Å². The van der Waals surface area contributed by atoms with Gasteiger partial charge in [-0.3, -0.25) is 0 Å². The minimum atomic E-state index is 0.112. The Morgan fingerprint density at radius 1 is 1.21 bits per heavy atom. The van der Waals surface area contributed by atoms with E-state index in [0.717, 1.165) is 28.0 Å². The average Bonchev–Trinajstić information content (AvgIpc) is 2.32. The molecule has 2 nitrogen and oxygen atoms in total. The SMILES string of the molecule is Cc1cccc(Oc2cc(Br)ccc2CC(C)N)c1. The van der Waals surface area contributed by atoms with Gasteiger partial charge in [0.05, 0.1) is 0 Å². The van der Waals surface area contributed by atoms with Gasteiger partial charge in [0.15, 0.2) is 0 Å². The topological polar surface area (TPSA) is 35.2 Å². The fourth-order valence-electron chi connectivity index (χ4n) is 1.94. The lowest BCUT2D eigenvalue weighted by Crippen LogP contribution is -2.18. The number of benzene rings is 2. The summed E-state index contributed by atoms with van der Waals surface area (Å²) in [6.45, 7) is 4.05. The van der Waals surface area contributed by atoms with Gasteiger partial charge in [0.1, 0.15) is 11.5 Å². The Balaban J connectivity index is 2.30. The number of hydrogen-bond acceptors (Lipinski definition) is 2. The van der Waals surface area contributed by atoms with E-state index < -0.39 is 0 Å². The summed E-state index contributed by atoms with van der Waals surface area (Å²) in [6.07, 6.45) is 0.800. The second-order valence-corrected chi connectivity index (χ2v) is 5.77. The third-order valence-corrected chi connectivity index (χ3v) is 3.28. The Bertz CT molecular complexity index is 566. The third-order valence-electron chi connectivity index (χ3n) is 2.79. The van der Waals surface area contributed by atoms with Crippen molar-refractivity contribution in [3.63, 3.8) is 0 Å². The highest BCUT2D eigenvalue weighted by molar-refractivity contribution is 9.10. The van der Waals surface area contributed by atoms with E-state index in [9.17, 15) is 0 Å². The molecule has 0 spiro atoms. The van der Waals surface area contributed by atoms with Crippen molar-refractivity contribution in [1.82, 2.24) is 0 Å². The molecule has 0 saturated heterocycles. The van der Waals surface area contributed by atoms with Gasteiger partial charge < -0.3 is 10.5 Å². The van der Waals surface area contributed by atoms with Gasteiger partial charge in [-0.15, -0.1) is 0 Å². The van der Waals surface area contributed by atoms with Crippen LogP contribution in [0.1, 0.15) is 18.1 Å². The molecule has 0 amide bonds. The van der Waals surface area contributed by atoms with E-state index in [-0.39, 0.29) is 6.04 Å². The van der Waals surface area contributed by atoms with Crippen molar-refractivity contribution in [2.45, 2.75) is 26.3 Å². The second kappa shape index (κ2) is 6.22. The Morgan fingerprint density at radius 2 is 2.00 bits per heavy atom. The summed E-state index contributed by atoms with van der Waals surface area (Å²) in [5, 5.41) is 0. The smallest absolute Gasteiger partial charge is 0.131 e. The lowest BCUT2D eigenvalue weighted by Gasteiger charge is -2.13. The minimum Gasteiger partial charge on any atom is -0.457 e. The molecule has 0 aliphatic carbocycles. The maximum absolute atomic E-state index is 5.99. The highest BCUT2D eigenvalue weighted by Gasteiger charge is 2.08. The number of aryl methyl sites for hydroxylation is 1. The van der Waals surface area contributed by atoms with E-state index in [1.54, 1.807) is 0 Å². The van der Waals surface area contributed by atoms with Gasteiger partial charge in [0.25, 0.3) is 0 Å². The summed E-state index contributed by atoms with van der Waals surface area (Å²) in [5.41, 5.74) is 8.19. The van der Waals surface area contributed by atoms with Crippen molar-refractivity contribution in [2.75, 3.05) is 0 Å². The molecule has 100 valence electrons. The zero-order chi connectivity index (χ0) is 13.8. The molecule has 0 radical (unpaired) electrons. The van der Waals surface area contributed by atoms with Gasteiger partial charge >= 0.3 is 0 Å². The van der Waals surface area contributed by atoms with Gasteiger partial charge in [0, 0.05) is 10.5 Å². The van der Waals surface area contributed by atoms with E-state index in [0.29, 0.717) is 0 Å². The Kier molecular flexibility index (Phi) is 4.61. The largest absolute Gasteiger partial charge is 0.457 e. The molecule has 2 aromatic rings. The van der Waals surface area contributed by atoms with Crippen LogP contribution in [0.5, 0.6) is 11.5 Å². The molecule has 0 saturated carbocycles. The minimum absolute atomic E-state index is 0.112. The fraction of sp³-hybridized carbons (Fsp3) is 0.250. The summed E-state index contributed by atoms with van der Waals surface area (Å²) in [5.74, 6) is 1.71. The molecule has 0 bridgehead atoms. The molecule has 2 rings (SSSR count). The summed E-state index contributed by atoms with van der Waals surface area (Å²) in [4.78, 5) is 0. The molecule has 1 unspecified atom stereocenters. The Labute approximate surface area is 122 Å². The van der Waals surface area contributed by atoms with Crippen LogP contribution in [0, 0.1) is 6.92 Å². The van der Waals surface area contributed by atoms with Crippen molar-refractivity contribution in [2.24, 2.45) is 5.73 Å². The molecule has 19 heavy (non-hydrogen) atoms. The maximum Gasteiger partial charge on any atom is 0.131 e. The Morgan fingerprint density at radius 3 is 2.68 bits per heavy atom. The number of nitrogens with two attached hydrogens (primary N) is 1. The predicted molar refractivity (Wildman–Crippen MR) is 82.7 cm³/mol. The summed E-state index contributed by atoms with van der Waals surface area (Å²) in [7, 11) is 0. The summed E-state index contributed by atoms with van der Waals surface area (Å²) in [6, 6.07) is 14.2. The van der Waals surface area contributed by atoms with Crippen LogP contribution >= 0.6 is 15.9 Å². The van der Waals surface area contributed by atoms with E-state index >= 15 is 0 Å². The Hall–Kier alpha value is -1.32. The summed E-state index contributed by atoms with van der Waals surface area (Å²) < 4.78 is 6.99. The molecule has 0 aliphatic rings. The van der Waals surface area contributed by atoms with Crippen molar-refractivity contribution in [1.29, 1.82) is 0 Å². The van der Waals surface area contributed by atoms with Crippen molar-refractivity contribution in [3.05, 3.63) is 58.1 Å². The standard InChI is InChI=1S/C16H18BrNO/c1-11-4-3-5-15(8-11)19-16-10-14(17)7-6-13(16)9-12(2)18/h3-8,10,12H,9,18H2,1-2H3. The normalized spacial score (nSPS) is 12.2. The van der Waals surface area contributed by atoms with Crippen LogP contribution in [0.3, 0.4) is 0 Å². The highest BCUT2D eigenvalue weighted by atomic mass is 79.9. The number of rotatable bonds is 4. The van der Waals surface area contributed by atoms with E-state index in [1.807, 2.05) is 37.3 Å². The molecule has 0 heterocycles. The number of ether oxygens (including phenoxy) is 1. The molecular weight excluding hydrogens is 302 g/mol. The first-order chi connectivity index (χ1) is 9.04. The monoisotopic (exact) mass is 319 g/mol. The zero-order valence-electron chi connectivity index (χ0n) is 11.2. The maximum atomic E-state index is 5.99. The average molecular weight is 320 g/mol. The first-order valence-corrected chi connectivity index (χ1v) is 7.12. The number of hydrogen-bond donors (Lipinski definition) is 1. The van der Waals surface area contributed by atoms with E-state index in [2.05, 4.69) is 35.0 Å². The van der Waals surface area contributed by atoms with E-state index in [1.165, 1.54) is 5.56 Å². The van der Waals surface area contributed by atoms with Gasteiger partial charge in [-0.2, -0.15) is 0 Å². The molecular formula is C16H18BrNO. The van der Waals surface area contributed by atoms with Crippen LogP contribution in [-0.4, -0.2) is 6.04 Å². The number of halogens is 1.